The zero-order valence-electron chi connectivity index (χ0n) is 16.1. The summed E-state index contributed by atoms with van der Waals surface area (Å²) in [6.07, 6.45) is 0.899. The van der Waals surface area contributed by atoms with Gasteiger partial charge in [0.25, 0.3) is 11.8 Å². The molecule has 0 radical (unpaired) electrons. The van der Waals surface area contributed by atoms with Gasteiger partial charge in [-0.15, -0.1) is 0 Å². The van der Waals surface area contributed by atoms with Crippen molar-refractivity contribution in [3.05, 3.63) is 65.7 Å². The molecule has 6 nitrogen and oxygen atoms in total. The van der Waals surface area contributed by atoms with Crippen LogP contribution < -0.4 is 0 Å². The standard InChI is InChI=1S/C22H21N3O3S/c1-2-16-14-29-22(23-15-8-4-3-5-9-15)25(16)19(26)12-13-24-20(27)17-10-6-7-11-18(17)21(24)28/h3-11,16H,2,12-14H2,1H3/t16-/m1/s1. The van der Waals surface area contributed by atoms with Crippen LogP contribution in [-0.2, 0) is 4.79 Å². The molecule has 3 amide bonds. The summed E-state index contributed by atoms with van der Waals surface area (Å²) in [6.45, 7) is 2.11. The molecule has 2 aromatic rings. The maximum absolute atomic E-state index is 13.0. The lowest BCUT2D eigenvalue weighted by Gasteiger charge is -2.24. The van der Waals surface area contributed by atoms with Gasteiger partial charge in [0.15, 0.2) is 5.17 Å². The van der Waals surface area contributed by atoms with E-state index in [1.165, 1.54) is 4.90 Å². The average molecular weight is 407 g/mol. The van der Waals surface area contributed by atoms with E-state index in [1.807, 2.05) is 37.3 Å². The van der Waals surface area contributed by atoms with Gasteiger partial charge < -0.3 is 0 Å². The van der Waals surface area contributed by atoms with Gasteiger partial charge in [-0.05, 0) is 30.7 Å². The van der Waals surface area contributed by atoms with Gasteiger partial charge in [0.2, 0.25) is 5.91 Å². The summed E-state index contributed by atoms with van der Waals surface area (Å²) in [6, 6.07) is 16.4. The normalized spacial score (nSPS) is 19.9. The van der Waals surface area contributed by atoms with E-state index in [1.54, 1.807) is 40.9 Å². The second kappa shape index (κ2) is 8.21. The minimum atomic E-state index is -0.334. The number of amides is 3. The van der Waals surface area contributed by atoms with Crippen molar-refractivity contribution in [1.82, 2.24) is 9.80 Å². The first-order valence-electron chi connectivity index (χ1n) is 9.64. The maximum atomic E-state index is 13.0. The third-order valence-electron chi connectivity index (χ3n) is 5.12. The van der Waals surface area contributed by atoms with Crippen molar-refractivity contribution in [3.8, 4) is 0 Å². The van der Waals surface area contributed by atoms with E-state index in [-0.39, 0.29) is 36.7 Å². The van der Waals surface area contributed by atoms with Crippen LogP contribution >= 0.6 is 11.8 Å². The van der Waals surface area contributed by atoms with Gasteiger partial charge in [0, 0.05) is 24.8 Å². The molecule has 7 heteroatoms. The molecule has 2 aromatic carbocycles. The third-order valence-corrected chi connectivity index (χ3v) is 6.22. The molecule has 2 aliphatic heterocycles. The molecule has 1 atom stereocenters. The number of fused-ring (bicyclic) bond motifs is 1. The lowest BCUT2D eigenvalue weighted by Crippen LogP contribution is -2.41. The molecule has 1 fully saturated rings. The molecule has 1 saturated heterocycles. The van der Waals surface area contributed by atoms with Crippen molar-refractivity contribution in [3.63, 3.8) is 0 Å². The minimum Gasteiger partial charge on any atom is -0.287 e. The Morgan fingerprint density at radius 2 is 1.66 bits per heavy atom. The van der Waals surface area contributed by atoms with Gasteiger partial charge in [-0.2, -0.15) is 0 Å². The van der Waals surface area contributed by atoms with E-state index in [9.17, 15) is 14.4 Å². The highest BCUT2D eigenvalue weighted by molar-refractivity contribution is 8.14. The summed E-state index contributed by atoms with van der Waals surface area (Å²) in [5.41, 5.74) is 1.60. The van der Waals surface area contributed by atoms with Crippen LogP contribution in [0.2, 0.25) is 0 Å². The Balaban J connectivity index is 1.49. The van der Waals surface area contributed by atoms with Crippen LogP contribution in [0.4, 0.5) is 5.69 Å². The molecule has 0 saturated carbocycles. The largest absolute Gasteiger partial charge is 0.287 e. The molecule has 0 bridgehead atoms. The van der Waals surface area contributed by atoms with Crippen LogP contribution in [0.5, 0.6) is 0 Å². The number of hydrogen-bond acceptors (Lipinski definition) is 5. The zero-order chi connectivity index (χ0) is 20.4. The smallest absolute Gasteiger partial charge is 0.261 e. The highest BCUT2D eigenvalue weighted by Crippen LogP contribution is 2.30. The number of carbonyl (C=O) groups excluding carboxylic acids is 3. The van der Waals surface area contributed by atoms with Gasteiger partial charge >= 0.3 is 0 Å². The van der Waals surface area contributed by atoms with Gasteiger partial charge in [-0.3, -0.25) is 24.2 Å². The second-order valence-electron chi connectivity index (χ2n) is 6.92. The number of hydrogen-bond donors (Lipinski definition) is 0. The minimum absolute atomic E-state index is 0.0668. The number of rotatable bonds is 5. The lowest BCUT2D eigenvalue weighted by atomic mass is 10.1. The van der Waals surface area contributed by atoms with E-state index in [2.05, 4.69) is 4.99 Å². The molecular weight excluding hydrogens is 386 g/mol. The summed E-state index contributed by atoms with van der Waals surface area (Å²) in [5, 5.41) is 0.676. The van der Waals surface area contributed by atoms with E-state index < -0.39 is 0 Å². The monoisotopic (exact) mass is 407 g/mol. The van der Waals surface area contributed by atoms with Crippen LogP contribution in [0.15, 0.2) is 59.6 Å². The molecule has 2 aliphatic rings. The van der Waals surface area contributed by atoms with Crippen molar-refractivity contribution < 1.29 is 14.4 Å². The predicted molar refractivity (Wildman–Crippen MR) is 113 cm³/mol. The number of imide groups is 1. The summed E-state index contributed by atoms with van der Waals surface area (Å²) in [7, 11) is 0. The van der Waals surface area contributed by atoms with Crippen LogP contribution in [0, 0.1) is 0 Å². The van der Waals surface area contributed by atoms with Crippen LogP contribution in [-0.4, -0.2) is 51.0 Å². The van der Waals surface area contributed by atoms with Crippen LogP contribution in [0.1, 0.15) is 40.5 Å². The van der Waals surface area contributed by atoms with E-state index in [0.717, 1.165) is 17.9 Å². The Hall–Kier alpha value is -2.93. The number of para-hydroxylation sites is 1. The molecule has 0 aliphatic carbocycles. The van der Waals surface area contributed by atoms with E-state index >= 15 is 0 Å². The molecule has 29 heavy (non-hydrogen) atoms. The molecule has 0 spiro atoms. The number of amidine groups is 1. The molecule has 148 valence electrons. The molecule has 2 heterocycles. The Bertz CT molecular complexity index is 955. The highest BCUT2D eigenvalue weighted by atomic mass is 32.2. The third kappa shape index (κ3) is 3.70. The fourth-order valence-corrected chi connectivity index (χ4v) is 4.84. The molecule has 0 unspecified atom stereocenters. The topological polar surface area (TPSA) is 70.1 Å². The lowest BCUT2D eigenvalue weighted by molar-refractivity contribution is -0.128. The fourth-order valence-electron chi connectivity index (χ4n) is 3.55. The molecule has 4 rings (SSSR count). The highest BCUT2D eigenvalue weighted by Gasteiger charge is 2.37. The first-order chi connectivity index (χ1) is 14.1. The van der Waals surface area contributed by atoms with Gasteiger partial charge in [0.1, 0.15) is 0 Å². The van der Waals surface area contributed by atoms with E-state index in [0.29, 0.717) is 16.3 Å². The van der Waals surface area contributed by atoms with Crippen molar-refractivity contribution >= 4 is 40.3 Å². The number of thioether (sulfide) groups is 1. The predicted octanol–water partition coefficient (Wildman–Crippen LogP) is 3.71. The SMILES string of the molecule is CC[C@@H]1CSC(=Nc2ccccc2)N1C(=O)CCN1C(=O)c2ccccc2C1=O. The molecule has 0 N–H and O–H groups in total. The van der Waals surface area contributed by atoms with Crippen LogP contribution in [0.25, 0.3) is 0 Å². The second-order valence-corrected chi connectivity index (χ2v) is 7.91. The van der Waals surface area contributed by atoms with Gasteiger partial charge in [-0.25, -0.2) is 4.99 Å². The summed E-state index contributed by atoms with van der Waals surface area (Å²) in [5.74, 6) is 0.00732. The van der Waals surface area contributed by atoms with Crippen molar-refractivity contribution in [2.24, 2.45) is 4.99 Å². The summed E-state index contributed by atoms with van der Waals surface area (Å²) < 4.78 is 0. The molecule has 0 aromatic heterocycles. The number of nitrogens with zero attached hydrogens (tertiary/aromatic N) is 3. The average Bonchev–Trinajstić information content (AvgIpc) is 3.26. The fraction of sp³-hybridized carbons (Fsp3) is 0.273. The Morgan fingerprint density at radius 1 is 1.03 bits per heavy atom. The molecular formula is C22H21N3O3S. The van der Waals surface area contributed by atoms with Crippen LogP contribution in [0.3, 0.4) is 0 Å². The first kappa shape index (κ1) is 19.4. The van der Waals surface area contributed by atoms with E-state index in [4.69, 9.17) is 0 Å². The Labute approximate surface area is 173 Å². The number of benzene rings is 2. The first-order valence-corrected chi connectivity index (χ1v) is 10.6. The number of aliphatic imine (C=N–C) groups is 1. The van der Waals surface area contributed by atoms with Crippen molar-refractivity contribution in [1.29, 1.82) is 0 Å². The quantitative estimate of drug-likeness (QED) is 0.709. The number of carbonyl (C=O) groups is 3. The Morgan fingerprint density at radius 3 is 2.28 bits per heavy atom. The maximum Gasteiger partial charge on any atom is 0.261 e. The van der Waals surface area contributed by atoms with Crippen molar-refractivity contribution in [2.75, 3.05) is 12.3 Å². The van der Waals surface area contributed by atoms with Gasteiger partial charge in [0.05, 0.1) is 16.8 Å². The summed E-state index contributed by atoms with van der Waals surface area (Å²) >= 11 is 1.56. The zero-order valence-corrected chi connectivity index (χ0v) is 16.9. The Kier molecular flexibility index (Phi) is 5.49. The summed E-state index contributed by atoms with van der Waals surface area (Å²) in [4.78, 5) is 45.6. The van der Waals surface area contributed by atoms with Gasteiger partial charge in [-0.1, -0.05) is 49.0 Å². The van der Waals surface area contributed by atoms with Crippen molar-refractivity contribution in [2.45, 2.75) is 25.8 Å².